The maximum absolute atomic E-state index is 14.4. The van der Waals surface area contributed by atoms with E-state index in [1.807, 2.05) is 0 Å². The molecule has 9 atom stereocenters. The highest BCUT2D eigenvalue weighted by Crippen LogP contribution is 2.69. The minimum Gasteiger partial charge on any atom is -0.390 e. The number of aliphatic hydroxyl groups is 2. The zero-order valence-corrected chi connectivity index (χ0v) is 21.1. The summed E-state index contributed by atoms with van der Waals surface area (Å²) in [6.07, 6.45) is 17.3. The van der Waals surface area contributed by atoms with Gasteiger partial charge in [-0.15, -0.1) is 0 Å². The highest BCUT2D eigenvalue weighted by atomic mass is 19.2. The van der Waals surface area contributed by atoms with Crippen LogP contribution in [0.3, 0.4) is 0 Å². The van der Waals surface area contributed by atoms with Gasteiger partial charge >= 0.3 is 0 Å². The number of hydrogen-bond donors (Lipinski definition) is 2. The summed E-state index contributed by atoms with van der Waals surface area (Å²) in [5.41, 5.74) is 0.306. The lowest BCUT2D eigenvalue weighted by Gasteiger charge is -2.61. The van der Waals surface area contributed by atoms with Gasteiger partial charge in [-0.1, -0.05) is 40.0 Å². The lowest BCUT2D eigenvalue weighted by atomic mass is 9.44. The van der Waals surface area contributed by atoms with Gasteiger partial charge < -0.3 is 10.2 Å². The van der Waals surface area contributed by atoms with Gasteiger partial charge in [0, 0.05) is 12.8 Å². The lowest BCUT2D eigenvalue weighted by molar-refractivity contribution is -0.195. The quantitative estimate of drug-likeness (QED) is 0.470. The fourth-order valence-corrected chi connectivity index (χ4v) is 10.3. The number of halogens is 1. The van der Waals surface area contributed by atoms with Crippen LogP contribution in [0.2, 0.25) is 0 Å². The molecule has 3 heteroatoms. The van der Waals surface area contributed by atoms with Crippen molar-refractivity contribution in [3.8, 4) is 0 Å². The zero-order valence-electron chi connectivity index (χ0n) is 21.1. The Kier molecular flexibility index (Phi) is 6.05. The van der Waals surface area contributed by atoms with E-state index in [2.05, 4.69) is 20.8 Å². The van der Waals surface area contributed by atoms with E-state index in [0.29, 0.717) is 30.1 Å². The van der Waals surface area contributed by atoms with Crippen molar-refractivity contribution in [3.63, 3.8) is 0 Å². The van der Waals surface area contributed by atoms with Gasteiger partial charge in [0.2, 0.25) is 5.85 Å². The summed E-state index contributed by atoms with van der Waals surface area (Å²) >= 11 is 0. The summed E-state index contributed by atoms with van der Waals surface area (Å²) in [5, 5.41) is 21.1. The van der Waals surface area contributed by atoms with Gasteiger partial charge in [-0.05, 0) is 117 Å². The van der Waals surface area contributed by atoms with Crippen LogP contribution in [-0.4, -0.2) is 21.7 Å². The second-order valence-electron chi connectivity index (χ2n) is 13.8. The first kappa shape index (κ1) is 23.6. The van der Waals surface area contributed by atoms with Crippen molar-refractivity contribution in [2.24, 2.45) is 46.3 Å². The van der Waals surface area contributed by atoms with Gasteiger partial charge in [0.25, 0.3) is 0 Å². The third-order valence-corrected chi connectivity index (χ3v) is 12.3. The highest BCUT2D eigenvalue weighted by molar-refractivity contribution is 5.10. The number of hydrogen-bond acceptors (Lipinski definition) is 2. The standard InChI is InChI=1S/C29H49FO2/c1-20(11-16-28(31)13-5-4-6-14-28)23-9-10-24-22-8-7-21-19-29(30,32)18-17-26(21,2)25(22)12-15-27(23,24)3/h20-25,31-32H,4-19H2,1-3H3/t20-,21+,22+,23-,24+,25+,26+,27-,29+/m1/s1. The molecule has 2 nitrogen and oxygen atoms in total. The molecule has 0 saturated heterocycles. The molecule has 5 rings (SSSR count). The molecule has 5 saturated carbocycles. The van der Waals surface area contributed by atoms with Crippen molar-refractivity contribution in [3.05, 3.63) is 0 Å². The Morgan fingerprint density at radius 2 is 1.53 bits per heavy atom. The summed E-state index contributed by atoms with van der Waals surface area (Å²) in [5.74, 6) is 2.31. The van der Waals surface area contributed by atoms with Crippen molar-refractivity contribution in [2.45, 2.75) is 135 Å². The molecule has 5 fully saturated rings. The largest absolute Gasteiger partial charge is 0.390 e. The molecule has 0 aliphatic heterocycles. The zero-order chi connectivity index (χ0) is 22.8. The van der Waals surface area contributed by atoms with Gasteiger partial charge in [-0.2, -0.15) is 0 Å². The van der Waals surface area contributed by atoms with Crippen molar-refractivity contribution < 1.29 is 14.6 Å². The first-order valence-electron chi connectivity index (χ1n) is 14.2. The molecule has 0 heterocycles. The van der Waals surface area contributed by atoms with E-state index in [-0.39, 0.29) is 11.0 Å². The van der Waals surface area contributed by atoms with Crippen LogP contribution in [-0.2, 0) is 0 Å². The summed E-state index contributed by atoms with van der Waals surface area (Å²) in [4.78, 5) is 0. The molecule has 0 unspecified atom stereocenters. The molecule has 0 amide bonds. The van der Waals surface area contributed by atoms with Crippen LogP contribution in [0.4, 0.5) is 4.39 Å². The Morgan fingerprint density at radius 3 is 2.28 bits per heavy atom. The number of rotatable bonds is 4. The molecule has 0 aromatic carbocycles. The van der Waals surface area contributed by atoms with Crippen molar-refractivity contribution >= 4 is 0 Å². The van der Waals surface area contributed by atoms with E-state index in [1.54, 1.807) is 0 Å². The Balaban J connectivity index is 1.27. The van der Waals surface area contributed by atoms with E-state index in [4.69, 9.17) is 0 Å². The molecular weight excluding hydrogens is 399 g/mol. The normalized spacial score (nSPS) is 51.4. The molecule has 0 bridgehead atoms. The molecule has 0 aromatic rings. The van der Waals surface area contributed by atoms with Crippen LogP contribution in [0.25, 0.3) is 0 Å². The van der Waals surface area contributed by atoms with E-state index in [9.17, 15) is 14.6 Å². The minimum absolute atomic E-state index is 0.233. The third kappa shape index (κ3) is 3.90. The Labute approximate surface area is 196 Å². The highest BCUT2D eigenvalue weighted by Gasteiger charge is 2.61. The van der Waals surface area contributed by atoms with Crippen molar-refractivity contribution in [1.82, 2.24) is 0 Å². The number of fused-ring (bicyclic) bond motifs is 5. The molecular formula is C29H49FO2. The van der Waals surface area contributed by atoms with E-state index in [1.165, 1.54) is 57.8 Å². The molecule has 32 heavy (non-hydrogen) atoms. The average Bonchev–Trinajstić information content (AvgIpc) is 3.10. The molecule has 0 spiro atoms. The van der Waals surface area contributed by atoms with E-state index < -0.39 is 5.85 Å². The fraction of sp³-hybridized carbons (Fsp3) is 1.00. The molecule has 184 valence electrons. The predicted molar refractivity (Wildman–Crippen MR) is 128 cm³/mol. The van der Waals surface area contributed by atoms with E-state index in [0.717, 1.165) is 55.8 Å². The summed E-state index contributed by atoms with van der Waals surface area (Å²) in [7, 11) is 0. The molecule has 0 aromatic heterocycles. The van der Waals surface area contributed by atoms with Gasteiger partial charge in [-0.25, -0.2) is 4.39 Å². The maximum Gasteiger partial charge on any atom is 0.207 e. The summed E-state index contributed by atoms with van der Waals surface area (Å²) in [6.45, 7) is 7.55. The molecule has 5 aliphatic carbocycles. The number of alkyl halides is 1. The third-order valence-electron chi connectivity index (χ3n) is 12.3. The van der Waals surface area contributed by atoms with Gasteiger partial charge in [0.1, 0.15) is 0 Å². The smallest absolute Gasteiger partial charge is 0.207 e. The van der Waals surface area contributed by atoms with E-state index >= 15 is 0 Å². The Bertz CT molecular complexity index is 685. The fourth-order valence-electron chi connectivity index (χ4n) is 10.3. The minimum atomic E-state index is -1.92. The Morgan fingerprint density at radius 1 is 0.812 bits per heavy atom. The molecule has 2 N–H and O–H groups in total. The van der Waals surface area contributed by atoms with Crippen LogP contribution in [0.1, 0.15) is 124 Å². The van der Waals surface area contributed by atoms with Gasteiger partial charge in [-0.3, -0.25) is 0 Å². The van der Waals surface area contributed by atoms with Crippen LogP contribution >= 0.6 is 0 Å². The van der Waals surface area contributed by atoms with Crippen molar-refractivity contribution in [2.75, 3.05) is 0 Å². The SMILES string of the molecule is C[C@H](CCC1(O)CCCCC1)[C@H]1CC[C@H]2[C@@H]3CC[C@H]4C[C@](O)(F)CC[C@]4(C)[C@H]3CC[C@]12C. The topological polar surface area (TPSA) is 40.5 Å². The van der Waals surface area contributed by atoms with Crippen LogP contribution in [0.15, 0.2) is 0 Å². The maximum atomic E-state index is 14.4. The Hall–Kier alpha value is -0.150. The first-order valence-corrected chi connectivity index (χ1v) is 14.2. The van der Waals surface area contributed by atoms with Crippen molar-refractivity contribution in [1.29, 1.82) is 0 Å². The van der Waals surface area contributed by atoms with Crippen LogP contribution < -0.4 is 0 Å². The molecule has 5 aliphatic rings. The predicted octanol–water partition coefficient (Wildman–Crippen LogP) is 7.41. The van der Waals surface area contributed by atoms with Gasteiger partial charge in [0.15, 0.2) is 0 Å². The lowest BCUT2D eigenvalue weighted by Crippen LogP contribution is -2.55. The molecule has 0 radical (unpaired) electrons. The average molecular weight is 449 g/mol. The van der Waals surface area contributed by atoms with Crippen LogP contribution in [0, 0.1) is 46.3 Å². The summed E-state index contributed by atoms with van der Waals surface area (Å²) < 4.78 is 14.4. The second-order valence-corrected chi connectivity index (χ2v) is 13.8. The summed E-state index contributed by atoms with van der Waals surface area (Å²) in [6, 6.07) is 0. The van der Waals surface area contributed by atoms with Gasteiger partial charge in [0.05, 0.1) is 5.60 Å². The first-order chi connectivity index (χ1) is 15.1. The second kappa shape index (κ2) is 8.21. The monoisotopic (exact) mass is 448 g/mol. The van der Waals surface area contributed by atoms with Crippen LogP contribution in [0.5, 0.6) is 0 Å².